The van der Waals surface area contributed by atoms with Crippen LogP contribution in [0.1, 0.15) is 26.2 Å². The second-order valence-electron chi connectivity index (χ2n) is 6.00. The van der Waals surface area contributed by atoms with Gasteiger partial charge in [0.2, 0.25) is 10.0 Å². The molecular weight excluding hydrogens is 280 g/mol. The van der Waals surface area contributed by atoms with Crippen LogP contribution in [0.15, 0.2) is 0 Å². The van der Waals surface area contributed by atoms with Crippen molar-refractivity contribution in [2.24, 2.45) is 5.92 Å². The molecule has 0 spiro atoms. The number of aliphatic hydroxyl groups is 1. The van der Waals surface area contributed by atoms with E-state index in [-0.39, 0.29) is 0 Å². The van der Waals surface area contributed by atoms with Crippen molar-refractivity contribution in [2.45, 2.75) is 31.8 Å². The molecule has 2 unspecified atom stereocenters. The first kappa shape index (κ1) is 17.8. The van der Waals surface area contributed by atoms with Crippen molar-refractivity contribution in [1.82, 2.24) is 9.62 Å². The van der Waals surface area contributed by atoms with Crippen molar-refractivity contribution in [3.63, 3.8) is 0 Å². The highest BCUT2D eigenvalue weighted by Crippen LogP contribution is 2.18. The number of methoxy groups -OCH3 is 1. The van der Waals surface area contributed by atoms with Gasteiger partial charge in [-0.15, -0.1) is 0 Å². The van der Waals surface area contributed by atoms with E-state index in [1.807, 2.05) is 0 Å². The van der Waals surface area contributed by atoms with Crippen molar-refractivity contribution >= 4 is 10.0 Å². The first-order valence-corrected chi connectivity index (χ1v) is 8.96. The van der Waals surface area contributed by atoms with Gasteiger partial charge < -0.3 is 15.2 Å². The van der Waals surface area contributed by atoms with Gasteiger partial charge in [0.05, 0.1) is 11.9 Å². The minimum absolute atomic E-state index is 0.316. The average Bonchev–Trinajstić information content (AvgIpc) is 2.36. The van der Waals surface area contributed by atoms with Crippen LogP contribution in [0.2, 0.25) is 0 Å². The van der Waals surface area contributed by atoms with Crippen LogP contribution in [0, 0.1) is 5.92 Å². The Morgan fingerprint density at radius 3 is 2.80 bits per heavy atom. The standard InChI is InChI=1S/C13H28N2O4S/c1-13(16,6-8-19-2)11-14-9-12-5-4-7-15(10-12)20(3,17)18/h12,14,16H,4-11H2,1-3H3. The minimum Gasteiger partial charge on any atom is -0.389 e. The van der Waals surface area contributed by atoms with Gasteiger partial charge in [0.15, 0.2) is 0 Å². The van der Waals surface area contributed by atoms with Gasteiger partial charge in [0, 0.05) is 39.8 Å². The summed E-state index contributed by atoms with van der Waals surface area (Å²) in [4.78, 5) is 0. The summed E-state index contributed by atoms with van der Waals surface area (Å²) in [6.07, 6.45) is 3.77. The minimum atomic E-state index is -3.08. The molecule has 0 radical (unpaired) electrons. The molecule has 1 rings (SSSR count). The Kier molecular flexibility index (Phi) is 6.87. The molecule has 7 heteroatoms. The third-order valence-corrected chi connectivity index (χ3v) is 5.00. The molecule has 120 valence electrons. The molecule has 1 heterocycles. The molecule has 0 aromatic rings. The van der Waals surface area contributed by atoms with E-state index in [1.165, 1.54) is 6.26 Å². The van der Waals surface area contributed by atoms with Crippen molar-refractivity contribution < 1.29 is 18.3 Å². The second-order valence-corrected chi connectivity index (χ2v) is 7.98. The molecular formula is C13H28N2O4S. The number of hydrogen-bond acceptors (Lipinski definition) is 5. The molecule has 1 aliphatic rings. The van der Waals surface area contributed by atoms with Crippen LogP contribution in [0.5, 0.6) is 0 Å². The van der Waals surface area contributed by atoms with Crippen molar-refractivity contribution in [3.8, 4) is 0 Å². The van der Waals surface area contributed by atoms with Crippen molar-refractivity contribution in [3.05, 3.63) is 0 Å². The van der Waals surface area contributed by atoms with Gasteiger partial charge in [-0.05, 0) is 32.2 Å². The number of hydrogen-bond donors (Lipinski definition) is 2. The molecule has 2 N–H and O–H groups in total. The molecule has 6 nitrogen and oxygen atoms in total. The highest BCUT2D eigenvalue weighted by Gasteiger charge is 2.26. The summed E-state index contributed by atoms with van der Waals surface area (Å²) in [5.74, 6) is 0.316. The SMILES string of the molecule is COCCC(C)(O)CNCC1CCCN(S(C)(=O)=O)C1. The summed E-state index contributed by atoms with van der Waals surface area (Å²) in [6.45, 7) is 4.73. The van der Waals surface area contributed by atoms with E-state index in [1.54, 1.807) is 18.3 Å². The maximum absolute atomic E-state index is 11.5. The normalized spacial score (nSPS) is 24.5. The van der Waals surface area contributed by atoms with Crippen molar-refractivity contribution in [1.29, 1.82) is 0 Å². The van der Waals surface area contributed by atoms with Crippen molar-refractivity contribution in [2.75, 3.05) is 46.2 Å². The summed E-state index contributed by atoms with van der Waals surface area (Å²) in [5, 5.41) is 13.4. The lowest BCUT2D eigenvalue weighted by Gasteiger charge is -2.32. The van der Waals surface area contributed by atoms with Gasteiger partial charge in [-0.3, -0.25) is 0 Å². The van der Waals surface area contributed by atoms with Gasteiger partial charge in [-0.1, -0.05) is 0 Å². The van der Waals surface area contributed by atoms with Gasteiger partial charge >= 0.3 is 0 Å². The maximum Gasteiger partial charge on any atom is 0.211 e. The zero-order valence-electron chi connectivity index (χ0n) is 12.8. The first-order valence-electron chi connectivity index (χ1n) is 7.12. The van der Waals surface area contributed by atoms with Crippen LogP contribution < -0.4 is 5.32 Å². The fourth-order valence-corrected chi connectivity index (χ4v) is 3.39. The van der Waals surface area contributed by atoms with E-state index in [9.17, 15) is 13.5 Å². The van der Waals surface area contributed by atoms with E-state index < -0.39 is 15.6 Å². The van der Waals surface area contributed by atoms with Crippen LogP contribution in [0.25, 0.3) is 0 Å². The molecule has 1 saturated heterocycles. The molecule has 20 heavy (non-hydrogen) atoms. The molecule has 0 bridgehead atoms. The lowest BCUT2D eigenvalue weighted by Crippen LogP contribution is -2.45. The van der Waals surface area contributed by atoms with Gasteiger partial charge in [-0.25, -0.2) is 12.7 Å². The Balaban J connectivity index is 2.31. The molecule has 0 aromatic heterocycles. The Morgan fingerprint density at radius 1 is 1.50 bits per heavy atom. The molecule has 0 saturated carbocycles. The maximum atomic E-state index is 11.5. The lowest BCUT2D eigenvalue weighted by atomic mass is 9.98. The van der Waals surface area contributed by atoms with Gasteiger partial charge in [-0.2, -0.15) is 0 Å². The molecule has 0 aliphatic carbocycles. The molecule has 0 aromatic carbocycles. The highest BCUT2D eigenvalue weighted by atomic mass is 32.2. The fraction of sp³-hybridized carbons (Fsp3) is 1.00. The quantitative estimate of drug-likeness (QED) is 0.662. The van der Waals surface area contributed by atoms with Crippen LogP contribution in [0.4, 0.5) is 0 Å². The van der Waals surface area contributed by atoms with E-state index >= 15 is 0 Å². The second kappa shape index (κ2) is 7.70. The van der Waals surface area contributed by atoms with Crippen LogP contribution in [-0.4, -0.2) is 69.6 Å². The summed E-state index contributed by atoms with van der Waals surface area (Å²) in [7, 11) is -1.47. The summed E-state index contributed by atoms with van der Waals surface area (Å²) >= 11 is 0. The zero-order chi connectivity index (χ0) is 15.2. The van der Waals surface area contributed by atoms with Crippen LogP contribution in [0.3, 0.4) is 0 Å². The smallest absolute Gasteiger partial charge is 0.211 e. The topological polar surface area (TPSA) is 78.9 Å². The first-order chi connectivity index (χ1) is 9.24. The fourth-order valence-electron chi connectivity index (χ4n) is 2.45. The third kappa shape index (κ3) is 6.49. The highest BCUT2D eigenvalue weighted by molar-refractivity contribution is 7.88. The predicted molar refractivity (Wildman–Crippen MR) is 79.1 cm³/mol. The van der Waals surface area contributed by atoms with E-state index in [0.717, 1.165) is 19.4 Å². The summed E-state index contributed by atoms with van der Waals surface area (Å²) < 4.78 is 29.6. The Morgan fingerprint density at radius 2 is 2.20 bits per heavy atom. The van der Waals surface area contributed by atoms with E-state index in [0.29, 0.717) is 38.6 Å². The van der Waals surface area contributed by atoms with Gasteiger partial charge in [0.1, 0.15) is 0 Å². The molecule has 0 amide bonds. The molecule has 2 atom stereocenters. The predicted octanol–water partition coefficient (Wildman–Crippen LogP) is 0.0351. The number of ether oxygens (including phenoxy) is 1. The summed E-state index contributed by atoms with van der Waals surface area (Å²) in [6, 6.07) is 0. The largest absolute Gasteiger partial charge is 0.389 e. The average molecular weight is 308 g/mol. The number of nitrogens with one attached hydrogen (secondary N) is 1. The van der Waals surface area contributed by atoms with Crippen LogP contribution >= 0.6 is 0 Å². The molecule has 1 fully saturated rings. The number of piperidine rings is 1. The van der Waals surface area contributed by atoms with Gasteiger partial charge in [0.25, 0.3) is 0 Å². The zero-order valence-corrected chi connectivity index (χ0v) is 13.6. The Labute approximate surface area is 122 Å². The number of rotatable bonds is 8. The monoisotopic (exact) mass is 308 g/mol. The Bertz CT molecular complexity index is 384. The van der Waals surface area contributed by atoms with E-state index in [2.05, 4.69) is 5.32 Å². The summed E-state index contributed by atoms with van der Waals surface area (Å²) in [5.41, 5.74) is -0.790. The number of nitrogens with zero attached hydrogens (tertiary/aromatic N) is 1. The number of sulfonamides is 1. The van der Waals surface area contributed by atoms with E-state index in [4.69, 9.17) is 4.74 Å². The lowest BCUT2D eigenvalue weighted by molar-refractivity contribution is 0.0239. The molecule has 1 aliphatic heterocycles. The van der Waals surface area contributed by atoms with Crippen LogP contribution in [-0.2, 0) is 14.8 Å². The Hall–Kier alpha value is -0.210. The third-order valence-electron chi connectivity index (χ3n) is 3.73.